The van der Waals surface area contributed by atoms with Crippen molar-refractivity contribution in [2.45, 2.75) is 0 Å². The Morgan fingerprint density at radius 1 is 0.840 bits per heavy atom. The molecular formula is C22H17NO2. The van der Waals surface area contributed by atoms with Crippen molar-refractivity contribution >= 4 is 11.6 Å². The molecule has 25 heavy (non-hydrogen) atoms. The van der Waals surface area contributed by atoms with Crippen molar-refractivity contribution in [2.75, 3.05) is 11.9 Å². The van der Waals surface area contributed by atoms with Crippen LogP contribution in [0.3, 0.4) is 0 Å². The van der Waals surface area contributed by atoms with Crippen LogP contribution in [0.25, 0.3) is 0 Å². The summed E-state index contributed by atoms with van der Waals surface area (Å²) in [4.78, 5) is 12.3. The lowest BCUT2D eigenvalue weighted by molar-refractivity contribution is 0.102. The first-order valence-corrected chi connectivity index (χ1v) is 7.95. The maximum atomic E-state index is 12.3. The number of hydrogen-bond donors (Lipinski definition) is 1. The zero-order chi connectivity index (χ0) is 17.3. The molecule has 0 radical (unpaired) electrons. The maximum absolute atomic E-state index is 12.3. The molecule has 122 valence electrons. The topological polar surface area (TPSA) is 38.3 Å². The van der Waals surface area contributed by atoms with Crippen molar-refractivity contribution in [3.8, 4) is 17.6 Å². The number of hydrogen-bond acceptors (Lipinski definition) is 2. The molecule has 0 saturated heterocycles. The Kier molecular flexibility index (Phi) is 5.48. The smallest absolute Gasteiger partial charge is 0.255 e. The highest BCUT2D eigenvalue weighted by Gasteiger charge is 2.08. The van der Waals surface area contributed by atoms with E-state index in [-0.39, 0.29) is 12.5 Å². The van der Waals surface area contributed by atoms with Crippen LogP contribution in [0.15, 0.2) is 84.9 Å². The van der Waals surface area contributed by atoms with Crippen molar-refractivity contribution in [1.29, 1.82) is 0 Å². The minimum atomic E-state index is -0.174. The summed E-state index contributed by atoms with van der Waals surface area (Å²) in [5, 5.41) is 2.87. The second-order valence-electron chi connectivity index (χ2n) is 5.27. The molecule has 3 aromatic carbocycles. The standard InChI is InChI=1S/C22H17NO2/c24-22(19-13-5-2-6-14-19)23-20-15-7-8-16-21(20)25-17-9-12-18-10-3-1-4-11-18/h1-8,10-11,13-16H,17H2,(H,23,24). The Labute approximate surface area is 147 Å². The lowest BCUT2D eigenvalue weighted by Gasteiger charge is -2.10. The van der Waals surface area contributed by atoms with Gasteiger partial charge in [0.05, 0.1) is 5.69 Å². The van der Waals surface area contributed by atoms with E-state index in [9.17, 15) is 4.79 Å². The van der Waals surface area contributed by atoms with Gasteiger partial charge >= 0.3 is 0 Å². The minimum absolute atomic E-state index is 0.174. The van der Waals surface area contributed by atoms with Crippen molar-refractivity contribution in [3.63, 3.8) is 0 Å². The summed E-state index contributed by atoms with van der Waals surface area (Å²) in [5.41, 5.74) is 2.16. The number of anilines is 1. The summed E-state index contributed by atoms with van der Waals surface area (Å²) in [6.45, 7) is 0.243. The Morgan fingerprint density at radius 2 is 1.48 bits per heavy atom. The van der Waals surface area contributed by atoms with Gasteiger partial charge in [-0.1, -0.05) is 60.4 Å². The number of carbonyl (C=O) groups is 1. The molecule has 0 heterocycles. The maximum Gasteiger partial charge on any atom is 0.255 e. The van der Waals surface area contributed by atoms with Crippen molar-refractivity contribution in [3.05, 3.63) is 96.1 Å². The van der Waals surface area contributed by atoms with Crippen LogP contribution in [0.4, 0.5) is 5.69 Å². The molecule has 1 N–H and O–H groups in total. The van der Waals surface area contributed by atoms with Crippen LogP contribution >= 0.6 is 0 Å². The van der Waals surface area contributed by atoms with Gasteiger partial charge in [-0.05, 0) is 36.4 Å². The van der Waals surface area contributed by atoms with Crippen molar-refractivity contribution < 1.29 is 9.53 Å². The summed E-state index contributed by atoms with van der Waals surface area (Å²) in [6.07, 6.45) is 0. The molecule has 0 aliphatic carbocycles. The minimum Gasteiger partial charge on any atom is -0.479 e. The molecule has 0 saturated carbocycles. The van der Waals surface area contributed by atoms with E-state index in [1.54, 1.807) is 18.2 Å². The molecule has 3 nitrogen and oxygen atoms in total. The van der Waals surface area contributed by atoms with E-state index in [4.69, 9.17) is 4.74 Å². The average molecular weight is 327 g/mol. The van der Waals surface area contributed by atoms with Crippen LogP contribution in [-0.2, 0) is 0 Å². The van der Waals surface area contributed by atoms with E-state index in [0.717, 1.165) is 5.56 Å². The van der Waals surface area contributed by atoms with Crippen LogP contribution in [0.2, 0.25) is 0 Å². The second-order valence-corrected chi connectivity index (χ2v) is 5.27. The Morgan fingerprint density at radius 3 is 2.24 bits per heavy atom. The first-order valence-electron chi connectivity index (χ1n) is 7.95. The van der Waals surface area contributed by atoms with Crippen molar-refractivity contribution in [1.82, 2.24) is 0 Å². The van der Waals surface area contributed by atoms with E-state index >= 15 is 0 Å². The lowest BCUT2D eigenvalue weighted by Crippen LogP contribution is -2.12. The molecule has 0 unspecified atom stereocenters. The van der Waals surface area contributed by atoms with Gasteiger partial charge in [0.2, 0.25) is 0 Å². The van der Waals surface area contributed by atoms with Gasteiger partial charge in [-0.25, -0.2) is 0 Å². The lowest BCUT2D eigenvalue weighted by atomic mass is 10.2. The van der Waals surface area contributed by atoms with E-state index in [0.29, 0.717) is 17.0 Å². The molecule has 0 fully saturated rings. The zero-order valence-electron chi connectivity index (χ0n) is 13.6. The summed E-state index contributed by atoms with van der Waals surface area (Å²) < 4.78 is 5.71. The van der Waals surface area contributed by atoms with Crippen LogP contribution in [0.5, 0.6) is 5.75 Å². The van der Waals surface area contributed by atoms with Gasteiger partial charge in [0, 0.05) is 11.1 Å². The van der Waals surface area contributed by atoms with Gasteiger partial charge in [-0.2, -0.15) is 0 Å². The van der Waals surface area contributed by atoms with Gasteiger partial charge < -0.3 is 10.1 Å². The molecule has 0 aromatic heterocycles. The van der Waals surface area contributed by atoms with Gasteiger partial charge in [-0.3, -0.25) is 4.79 Å². The summed E-state index contributed by atoms with van der Waals surface area (Å²) in [5.74, 6) is 6.43. The van der Waals surface area contributed by atoms with Crippen LogP contribution in [0, 0.1) is 11.8 Å². The number of benzene rings is 3. The molecule has 0 aliphatic heterocycles. The SMILES string of the molecule is O=C(Nc1ccccc1OCC#Cc1ccccc1)c1ccccc1. The molecule has 3 heteroatoms. The predicted molar refractivity (Wildman–Crippen MR) is 99.7 cm³/mol. The zero-order valence-corrected chi connectivity index (χ0v) is 13.6. The van der Waals surface area contributed by atoms with Crippen LogP contribution in [-0.4, -0.2) is 12.5 Å². The first kappa shape index (κ1) is 16.4. The third-order valence-corrected chi connectivity index (χ3v) is 3.48. The van der Waals surface area contributed by atoms with Crippen LogP contribution in [0.1, 0.15) is 15.9 Å². The summed E-state index contributed by atoms with van der Waals surface area (Å²) in [7, 11) is 0. The van der Waals surface area contributed by atoms with E-state index in [1.165, 1.54) is 0 Å². The van der Waals surface area contributed by atoms with E-state index in [1.807, 2.05) is 66.7 Å². The molecule has 1 amide bonds. The Bertz CT molecular complexity index is 893. The average Bonchev–Trinajstić information content (AvgIpc) is 2.68. The highest BCUT2D eigenvalue weighted by molar-refractivity contribution is 6.04. The predicted octanol–water partition coefficient (Wildman–Crippen LogP) is 4.37. The molecule has 0 atom stereocenters. The van der Waals surface area contributed by atoms with E-state index in [2.05, 4.69) is 17.2 Å². The highest BCUT2D eigenvalue weighted by atomic mass is 16.5. The Hall–Kier alpha value is -3.51. The number of carbonyl (C=O) groups excluding carboxylic acids is 1. The van der Waals surface area contributed by atoms with Crippen molar-refractivity contribution in [2.24, 2.45) is 0 Å². The largest absolute Gasteiger partial charge is 0.479 e. The number of nitrogens with one attached hydrogen (secondary N) is 1. The van der Waals surface area contributed by atoms with Gasteiger partial charge in [0.25, 0.3) is 5.91 Å². The Balaban J connectivity index is 1.65. The normalized spacial score (nSPS) is 9.60. The molecule has 0 spiro atoms. The quantitative estimate of drug-likeness (QED) is 0.723. The molecule has 3 aromatic rings. The first-order chi connectivity index (χ1) is 12.3. The number of para-hydroxylation sites is 2. The fraction of sp³-hybridized carbons (Fsp3) is 0.0455. The highest BCUT2D eigenvalue weighted by Crippen LogP contribution is 2.24. The van der Waals surface area contributed by atoms with E-state index < -0.39 is 0 Å². The third kappa shape index (κ3) is 4.73. The third-order valence-electron chi connectivity index (χ3n) is 3.48. The van der Waals surface area contributed by atoms with Gasteiger partial charge in [0.15, 0.2) is 0 Å². The molecule has 3 rings (SSSR count). The summed E-state index contributed by atoms with van der Waals surface area (Å²) >= 11 is 0. The molecular weight excluding hydrogens is 310 g/mol. The fourth-order valence-electron chi connectivity index (χ4n) is 2.25. The fourth-order valence-corrected chi connectivity index (χ4v) is 2.25. The van der Waals surface area contributed by atoms with Gasteiger partial charge in [0.1, 0.15) is 12.4 Å². The van der Waals surface area contributed by atoms with Crippen LogP contribution < -0.4 is 10.1 Å². The molecule has 0 bridgehead atoms. The monoisotopic (exact) mass is 327 g/mol. The second kappa shape index (κ2) is 8.37. The number of rotatable bonds is 4. The number of ether oxygens (including phenoxy) is 1. The van der Waals surface area contributed by atoms with Gasteiger partial charge in [-0.15, -0.1) is 0 Å². The summed E-state index contributed by atoms with van der Waals surface area (Å²) in [6, 6.07) is 26.1. The number of amides is 1. The molecule has 0 aliphatic rings.